The minimum absolute atomic E-state index is 0.0499. The minimum atomic E-state index is -0.561. The predicted octanol–water partition coefficient (Wildman–Crippen LogP) is 6.03. The number of halogens is 1. The van der Waals surface area contributed by atoms with E-state index in [4.69, 9.17) is 11.6 Å². The van der Waals surface area contributed by atoms with Crippen molar-refractivity contribution < 1.29 is 19.4 Å². The Hall–Kier alpha value is -0.990. The third-order valence-corrected chi connectivity index (χ3v) is 10.1. The van der Waals surface area contributed by atoms with Crippen LogP contribution in [0.2, 0.25) is 5.02 Å². The fraction of sp³-hybridized carbons (Fsp3) is 0.520. The van der Waals surface area contributed by atoms with Crippen molar-refractivity contribution in [1.29, 1.82) is 0 Å². The molecule has 1 aromatic heterocycles. The zero-order chi connectivity index (χ0) is 23.8. The third-order valence-electron chi connectivity index (χ3n) is 5.85. The van der Waals surface area contributed by atoms with Crippen molar-refractivity contribution in [2.75, 3.05) is 24.4 Å². The summed E-state index contributed by atoms with van der Waals surface area (Å²) in [6.45, 7) is 2.11. The number of hydrogen-bond donors (Lipinski definition) is 1. The Morgan fingerprint density at radius 3 is 2.91 bits per heavy atom. The van der Waals surface area contributed by atoms with Gasteiger partial charge in [0.1, 0.15) is 5.78 Å². The van der Waals surface area contributed by atoms with Gasteiger partial charge in [-0.25, -0.2) is 0 Å². The van der Waals surface area contributed by atoms with Crippen molar-refractivity contribution in [2.24, 2.45) is 11.8 Å². The maximum Gasteiger partial charge on any atom is 0.315 e. The van der Waals surface area contributed by atoms with Gasteiger partial charge in [0.05, 0.1) is 29.2 Å². The van der Waals surface area contributed by atoms with E-state index in [-0.39, 0.29) is 23.1 Å². The highest BCUT2D eigenvalue weighted by atomic mass is 35.5. The number of Topliss-reactive ketones (excluding diaryl/α,β-unsaturated/α-hetero) is 1. The number of esters is 1. The average Bonchev–Trinajstić information content (AvgIpc) is 3.27. The summed E-state index contributed by atoms with van der Waals surface area (Å²) >= 11 is 11.5. The van der Waals surface area contributed by atoms with Crippen LogP contribution in [0.5, 0.6) is 0 Å². The highest BCUT2D eigenvalue weighted by Crippen LogP contribution is 2.39. The number of hydrogen-bond acceptors (Lipinski definition) is 7. The van der Waals surface area contributed by atoms with Gasteiger partial charge in [-0.1, -0.05) is 48.9 Å². The van der Waals surface area contributed by atoms with E-state index in [0.29, 0.717) is 24.4 Å². The second-order valence-corrected chi connectivity index (χ2v) is 12.2. The first kappa shape index (κ1) is 26.6. The second-order valence-electron chi connectivity index (χ2n) is 8.33. The number of aliphatic hydroxyl groups is 1. The van der Waals surface area contributed by atoms with Crippen molar-refractivity contribution >= 4 is 68.3 Å². The van der Waals surface area contributed by atoms with E-state index in [0.717, 1.165) is 39.6 Å². The number of fused-ring (bicyclic) bond motifs is 1. The van der Waals surface area contributed by atoms with Crippen LogP contribution in [0.4, 0.5) is 0 Å². The first-order valence-electron chi connectivity index (χ1n) is 11.2. The number of thiophene rings is 1. The lowest BCUT2D eigenvalue weighted by Gasteiger charge is -2.18. The topological polar surface area (TPSA) is 63.6 Å². The van der Waals surface area contributed by atoms with E-state index in [1.54, 1.807) is 34.9 Å². The fourth-order valence-electron chi connectivity index (χ4n) is 4.02. The summed E-state index contributed by atoms with van der Waals surface area (Å²) in [6, 6.07) is 8.10. The molecular weight excluding hydrogens is 496 g/mol. The maximum atomic E-state index is 12.5. The number of carbonyl (C=O) groups is 2. The van der Waals surface area contributed by atoms with Crippen molar-refractivity contribution in [3.63, 3.8) is 0 Å². The number of benzene rings is 1. The zero-order valence-corrected chi connectivity index (χ0v) is 22.2. The molecule has 4 atom stereocenters. The summed E-state index contributed by atoms with van der Waals surface area (Å²) in [5, 5.41) is 12.4. The molecule has 4 nitrogen and oxygen atoms in total. The molecule has 0 spiro atoms. The van der Waals surface area contributed by atoms with Crippen molar-refractivity contribution in [3.05, 3.63) is 46.3 Å². The van der Waals surface area contributed by atoms with E-state index in [2.05, 4.69) is 23.8 Å². The quantitative estimate of drug-likeness (QED) is 0.207. The molecule has 2 unspecified atom stereocenters. The molecule has 1 aliphatic carbocycles. The van der Waals surface area contributed by atoms with Crippen LogP contribution in [0.25, 0.3) is 10.1 Å². The van der Waals surface area contributed by atoms with E-state index in [1.165, 1.54) is 11.8 Å². The molecule has 0 bridgehead atoms. The Morgan fingerprint density at radius 2 is 2.15 bits per heavy atom. The molecule has 0 aliphatic heterocycles. The van der Waals surface area contributed by atoms with Gasteiger partial charge in [0, 0.05) is 21.4 Å². The molecule has 0 saturated heterocycles. The Morgan fingerprint density at radius 1 is 1.36 bits per heavy atom. The van der Waals surface area contributed by atoms with Gasteiger partial charge in [0.25, 0.3) is 0 Å². The Bertz CT molecular complexity index is 974. The normalized spacial score (nSPS) is 21.8. The predicted molar refractivity (Wildman–Crippen MR) is 143 cm³/mol. The molecule has 1 aliphatic rings. The molecule has 3 rings (SSSR count). The van der Waals surface area contributed by atoms with Crippen LogP contribution in [0, 0.1) is 11.8 Å². The number of methoxy groups -OCH3 is 1. The number of allylic oxidation sites excluding steroid dienone is 1. The van der Waals surface area contributed by atoms with Gasteiger partial charge < -0.3 is 9.84 Å². The van der Waals surface area contributed by atoms with Crippen LogP contribution < -0.4 is 0 Å². The van der Waals surface area contributed by atoms with Crippen LogP contribution in [0.1, 0.15) is 31.1 Å². The summed E-state index contributed by atoms with van der Waals surface area (Å²) in [6.07, 6.45) is 6.22. The molecule has 0 amide bonds. The molecule has 1 aromatic carbocycles. The molecule has 0 radical (unpaired) electrons. The number of thioether (sulfide) groups is 2. The second kappa shape index (κ2) is 13.2. The van der Waals surface area contributed by atoms with Crippen LogP contribution in [0.15, 0.2) is 36.4 Å². The minimum Gasteiger partial charge on any atom is -0.468 e. The molecular formula is C25H31ClO4S3. The highest BCUT2D eigenvalue weighted by Gasteiger charge is 2.38. The van der Waals surface area contributed by atoms with Gasteiger partial charge in [0.15, 0.2) is 0 Å². The van der Waals surface area contributed by atoms with E-state index in [9.17, 15) is 14.7 Å². The first-order valence-corrected chi connectivity index (χ1v) is 14.6. The third kappa shape index (κ3) is 7.49. The van der Waals surface area contributed by atoms with E-state index in [1.807, 2.05) is 24.3 Å². The number of aryl methyl sites for hydroxylation is 1. The lowest BCUT2D eigenvalue weighted by atomic mass is 9.96. The van der Waals surface area contributed by atoms with E-state index < -0.39 is 6.10 Å². The summed E-state index contributed by atoms with van der Waals surface area (Å²) in [4.78, 5) is 24.8. The summed E-state index contributed by atoms with van der Waals surface area (Å²) in [7, 11) is 1.40. The molecule has 1 fully saturated rings. The van der Waals surface area contributed by atoms with Crippen LogP contribution >= 0.6 is 46.5 Å². The van der Waals surface area contributed by atoms with Gasteiger partial charge in [-0.05, 0) is 48.7 Å². The maximum absolute atomic E-state index is 12.5. The van der Waals surface area contributed by atoms with Crippen LogP contribution in [-0.2, 0) is 20.7 Å². The van der Waals surface area contributed by atoms with Crippen molar-refractivity contribution in [3.8, 4) is 0 Å². The first-order chi connectivity index (χ1) is 15.9. The highest BCUT2D eigenvalue weighted by molar-refractivity contribution is 8.01. The van der Waals surface area contributed by atoms with Gasteiger partial charge in [-0.2, -0.15) is 11.8 Å². The molecule has 8 heteroatoms. The molecule has 1 saturated carbocycles. The number of carbonyl (C=O) groups excluding carboxylic acids is 2. The largest absolute Gasteiger partial charge is 0.468 e. The Labute approximate surface area is 213 Å². The molecule has 180 valence electrons. The molecule has 1 heterocycles. The molecule has 33 heavy (non-hydrogen) atoms. The van der Waals surface area contributed by atoms with Gasteiger partial charge in [0.2, 0.25) is 0 Å². The van der Waals surface area contributed by atoms with Crippen LogP contribution in [-0.4, -0.2) is 52.6 Å². The number of ketones is 1. The standard InChI is InChI=1S/C25H31ClO4S3/c1-16-14-20(28)25(32-13-5-12-31-15-23(29)30-2)18(16)10-8-17(27)9-11-22-24(26)19-6-3-4-7-21(19)33-22/h3-4,6-8,10,16-18,25,27H,5,9,11-15H2,1-2H3/t16-,17?,18?,25-/m1/s1. The lowest BCUT2D eigenvalue weighted by molar-refractivity contribution is -0.137. The number of rotatable bonds is 12. The zero-order valence-electron chi connectivity index (χ0n) is 19.0. The smallest absolute Gasteiger partial charge is 0.315 e. The monoisotopic (exact) mass is 526 g/mol. The lowest BCUT2D eigenvalue weighted by Crippen LogP contribution is -2.19. The van der Waals surface area contributed by atoms with Gasteiger partial charge in [-0.3, -0.25) is 9.59 Å². The van der Waals surface area contributed by atoms with Gasteiger partial charge >= 0.3 is 5.97 Å². The average molecular weight is 527 g/mol. The Kier molecular flexibility index (Phi) is 10.6. The SMILES string of the molecule is COC(=O)CSCCCS[C@H]1C(=O)C[C@@H](C)C1C=CC(O)CCc1sc2ccccc2c1Cl. The molecule has 1 N–H and O–H groups in total. The number of aliphatic hydroxyl groups excluding tert-OH is 1. The molecule has 2 aromatic rings. The van der Waals surface area contributed by atoms with Crippen molar-refractivity contribution in [1.82, 2.24) is 0 Å². The Balaban J connectivity index is 1.47. The summed E-state index contributed by atoms with van der Waals surface area (Å²) in [5.41, 5.74) is 0. The summed E-state index contributed by atoms with van der Waals surface area (Å²) in [5.74, 6) is 2.65. The van der Waals surface area contributed by atoms with Crippen LogP contribution in [0.3, 0.4) is 0 Å². The van der Waals surface area contributed by atoms with Gasteiger partial charge in [-0.15, -0.1) is 23.1 Å². The summed E-state index contributed by atoms with van der Waals surface area (Å²) < 4.78 is 5.81. The van der Waals surface area contributed by atoms with Crippen molar-refractivity contribution in [2.45, 2.75) is 44.0 Å². The van der Waals surface area contributed by atoms with E-state index >= 15 is 0 Å². The number of ether oxygens (including phenoxy) is 1. The fourth-order valence-corrected chi connectivity index (χ4v) is 7.95.